The zero-order valence-electron chi connectivity index (χ0n) is 12.7. The molecule has 0 radical (unpaired) electrons. The Morgan fingerprint density at radius 3 is 2.64 bits per heavy atom. The second kappa shape index (κ2) is 6.87. The van der Waals surface area contributed by atoms with Crippen LogP contribution in [0.4, 0.5) is 5.82 Å². The fourth-order valence-electron chi connectivity index (χ4n) is 2.78. The third-order valence-electron chi connectivity index (χ3n) is 4.11. The lowest BCUT2D eigenvalue weighted by atomic mass is 9.94. The lowest BCUT2D eigenvalue weighted by Gasteiger charge is -2.26. The summed E-state index contributed by atoms with van der Waals surface area (Å²) in [6.45, 7) is 1.80. The highest BCUT2D eigenvalue weighted by Gasteiger charge is 2.28. The van der Waals surface area contributed by atoms with Gasteiger partial charge in [0.2, 0.25) is 11.7 Å². The number of carbonyl (C=O) groups excluding carboxylic acids is 1. The van der Waals surface area contributed by atoms with Crippen molar-refractivity contribution in [3.8, 4) is 0 Å². The summed E-state index contributed by atoms with van der Waals surface area (Å²) < 4.78 is 1.44. The van der Waals surface area contributed by atoms with Gasteiger partial charge in [-0.1, -0.05) is 25.7 Å². The van der Waals surface area contributed by atoms with Gasteiger partial charge in [-0.2, -0.15) is 0 Å². The van der Waals surface area contributed by atoms with Crippen LogP contribution in [0.15, 0.2) is 6.20 Å². The number of carbonyl (C=O) groups is 1. The first-order chi connectivity index (χ1) is 10.4. The normalized spacial score (nSPS) is 17.7. The Morgan fingerprint density at radius 2 is 2.09 bits per heavy atom. The number of aromatic nitrogens is 2. The molecule has 0 bridgehead atoms. The highest BCUT2D eigenvalue weighted by molar-refractivity contribution is 5.75. The summed E-state index contributed by atoms with van der Waals surface area (Å²) in [6, 6.07) is 0. The van der Waals surface area contributed by atoms with Crippen LogP contribution in [0.2, 0.25) is 0 Å². The fourth-order valence-corrected chi connectivity index (χ4v) is 2.78. The van der Waals surface area contributed by atoms with Crippen molar-refractivity contribution in [3.05, 3.63) is 22.1 Å². The van der Waals surface area contributed by atoms with Gasteiger partial charge in [-0.3, -0.25) is 9.36 Å². The zero-order valence-corrected chi connectivity index (χ0v) is 12.7. The Balaban J connectivity index is 1.88. The van der Waals surface area contributed by atoms with Crippen molar-refractivity contribution < 1.29 is 14.8 Å². The molecule has 8 nitrogen and oxygen atoms in total. The van der Waals surface area contributed by atoms with E-state index >= 15 is 0 Å². The van der Waals surface area contributed by atoms with Gasteiger partial charge in [0.25, 0.3) is 0 Å². The number of nitrogens with one attached hydrogen (secondary N) is 1. The number of aliphatic hydroxyl groups is 1. The highest BCUT2D eigenvalue weighted by Crippen LogP contribution is 2.26. The highest BCUT2D eigenvalue weighted by atomic mass is 16.6. The van der Waals surface area contributed by atoms with E-state index in [-0.39, 0.29) is 24.8 Å². The molecule has 1 amide bonds. The molecule has 2 rings (SSSR count). The summed E-state index contributed by atoms with van der Waals surface area (Å²) in [5.74, 6) is -0.143. The lowest BCUT2D eigenvalue weighted by Crippen LogP contribution is -2.43. The average molecular weight is 310 g/mol. The van der Waals surface area contributed by atoms with E-state index in [2.05, 4.69) is 10.3 Å². The summed E-state index contributed by atoms with van der Waals surface area (Å²) in [6.07, 6.45) is 6.82. The second-order valence-corrected chi connectivity index (χ2v) is 5.95. The van der Waals surface area contributed by atoms with Crippen LogP contribution in [0.5, 0.6) is 0 Å². The predicted molar refractivity (Wildman–Crippen MR) is 79.3 cm³/mol. The van der Waals surface area contributed by atoms with Crippen LogP contribution in [-0.2, 0) is 11.3 Å². The van der Waals surface area contributed by atoms with Gasteiger partial charge in [0.15, 0.2) is 0 Å². The van der Waals surface area contributed by atoms with Gasteiger partial charge in [0.05, 0.1) is 5.60 Å². The number of rotatable bonds is 5. The largest absolute Gasteiger partial charge is 0.388 e. The van der Waals surface area contributed by atoms with Gasteiger partial charge in [-0.15, -0.1) is 0 Å². The maximum Gasteiger partial charge on any atom is 0.381 e. The minimum absolute atomic E-state index is 0.0389. The zero-order chi connectivity index (χ0) is 16.2. The predicted octanol–water partition coefficient (Wildman–Crippen LogP) is 1.30. The van der Waals surface area contributed by atoms with Crippen LogP contribution in [0, 0.1) is 17.0 Å². The van der Waals surface area contributed by atoms with Gasteiger partial charge in [0.1, 0.15) is 12.7 Å². The molecule has 0 saturated heterocycles. The minimum atomic E-state index is -0.831. The first-order valence-corrected chi connectivity index (χ1v) is 7.57. The van der Waals surface area contributed by atoms with E-state index in [0.29, 0.717) is 18.7 Å². The van der Waals surface area contributed by atoms with E-state index in [9.17, 15) is 20.0 Å². The molecule has 1 fully saturated rings. The Morgan fingerprint density at radius 1 is 1.45 bits per heavy atom. The molecule has 122 valence electrons. The average Bonchev–Trinajstić information content (AvgIpc) is 2.69. The third kappa shape index (κ3) is 4.27. The van der Waals surface area contributed by atoms with Crippen LogP contribution in [0.3, 0.4) is 0 Å². The molecular formula is C14H22N4O4. The van der Waals surface area contributed by atoms with Gasteiger partial charge < -0.3 is 20.5 Å². The maximum absolute atomic E-state index is 12.0. The van der Waals surface area contributed by atoms with Crippen molar-refractivity contribution in [3.63, 3.8) is 0 Å². The van der Waals surface area contributed by atoms with Crippen molar-refractivity contribution >= 4 is 11.7 Å². The van der Waals surface area contributed by atoms with E-state index in [1.165, 1.54) is 10.8 Å². The van der Waals surface area contributed by atoms with Crippen LogP contribution in [0.1, 0.15) is 44.3 Å². The molecule has 1 saturated carbocycles. The van der Waals surface area contributed by atoms with E-state index in [1.54, 1.807) is 6.92 Å². The Labute approximate surface area is 128 Å². The summed E-state index contributed by atoms with van der Waals surface area (Å²) in [7, 11) is 0. The van der Waals surface area contributed by atoms with E-state index in [0.717, 1.165) is 25.7 Å². The number of hydrogen-bond donors (Lipinski definition) is 2. The molecule has 8 heteroatoms. The molecule has 0 unspecified atom stereocenters. The molecule has 2 N–H and O–H groups in total. The first-order valence-electron chi connectivity index (χ1n) is 7.57. The molecular weight excluding hydrogens is 288 g/mol. The minimum Gasteiger partial charge on any atom is -0.388 e. The molecule has 22 heavy (non-hydrogen) atoms. The van der Waals surface area contributed by atoms with Crippen LogP contribution >= 0.6 is 0 Å². The van der Waals surface area contributed by atoms with Gasteiger partial charge in [-0.25, -0.2) is 0 Å². The Kier molecular flexibility index (Phi) is 5.12. The fraction of sp³-hybridized carbons (Fsp3) is 0.714. The molecule has 0 aromatic carbocycles. The van der Waals surface area contributed by atoms with Crippen LogP contribution in [0.25, 0.3) is 0 Å². The van der Waals surface area contributed by atoms with Crippen molar-refractivity contribution in [1.82, 2.24) is 14.9 Å². The summed E-state index contributed by atoms with van der Waals surface area (Å²) in [4.78, 5) is 25.8. The number of amides is 1. The number of nitrogens with zero attached hydrogens (tertiary/aromatic N) is 3. The second-order valence-electron chi connectivity index (χ2n) is 5.95. The topological polar surface area (TPSA) is 110 Å². The van der Waals surface area contributed by atoms with Crippen molar-refractivity contribution in [2.24, 2.45) is 0 Å². The Hall–Kier alpha value is -1.96. The van der Waals surface area contributed by atoms with E-state index in [4.69, 9.17) is 0 Å². The van der Waals surface area contributed by atoms with Crippen molar-refractivity contribution in [2.75, 3.05) is 6.54 Å². The molecule has 1 aromatic heterocycles. The van der Waals surface area contributed by atoms with Crippen LogP contribution < -0.4 is 5.32 Å². The quantitative estimate of drug-likeness (QED) is 0.484. The number of aryl methyl sites for hydroxylation is 1. The maximum atomic E-state index is 12.0. The molecule has 1 aliphatic rings. The lowest BCUT2D eigenvalue weighted by molar-refractivity contribution is -0.389. The first kappa shape index (κ1) is 16.4. The molecule has 0 aliphatic heterocycles. The van der Waals surface area contributed by atoms with Gasteiger partial charge >= 0.3 is 5.82 Å². The number of imidazole rings is 1. The summed E-state index contributed by atoms with van der Waals surface area (Å²) in [5.41, 5.74) is -0.831. The SMILES string of the molecule is Cc1nc([N+](=O)[O-])cn1CC(=O)NCC1(O)CCCCCC1. The van der Waals surface area contributed by atoms with Crippen molar-refractivity contribution in [1.29, 1.82) is 0 Å². The smallest absolute Gasteiger partial charge is 0.381 e. The van der Waals surface area contributed by atoms with E-state index < -0.39 is 10.5 Å². The third-order valence-corrected chi connectivity index (χ3v) is 4.11. The Bertz CT molecular complexity index is 547. The number of hydrogen-bond acceptors (Lipinski definition) is 5. The monoisotopic (exact) mass is 310 g/mol. The van der Waals surface area contributed by atoms with Gasteiger partial charge in [0, 0.05) is 13.5 Å². The van der Waals surface area contributed by atoms with E-state index in [1.807, 2.05) is 0 Å². The summed E-state index contributed by atoms with van der Waals surface area (Å²) in [5, 5.41) is 23.9. The van der Waals surface area contributed by atoms with Gasteiger partial charge in [-0.05, 0) is 22.7 Å². The number of nitro groups is 1. The standard InChI is InChI=1S/C14H22N4O4/c1-11-16-12(18(21)22)8-17(11)9-13(19)15-10-14(20)6-4-2-3-5-7-14/h8,20H,2-7,9-10H2,1H3,(H,15,19). The molecule has 1 aliphatic carbocycles. The van der Waals surface area contributed by atoms with Crippen LogP contribution in [-0.4, -0.2) is 37.6 Å². The molecule has 1 aromatic rings. The molecule has 0 spiro atoms. The van der Waals surface area contributed by atoms with Crippen molar-refractivity contribution in [2.45, 2.75) is 57.6 Å². The summed E-state index contributed by atoms with van der Waals surface area (Å²) >= 11 is 0. The molecule has 0 atom stereocenters. The molecule has 1 heterocycles.